The van der Waals surface area contributed by atoms with Crippen LogP contribution in [0, 0.1) is 6.92 Å². The summed E-state index contributed by atoms with van der Waals surface area (Å²) in [5.41, 5.74) is 0.717. The number of nitrogens with zero attached hydrogens (tertiary/aromatic N) is 2. The fourth-order valence-electron chi connectivity index (χ4n) is 0.724. The molecule has 1 rings (SSSR count). The van der Waals surface area contributed by atoms with Gasteiger partial charge in [0.25, 0.3) is 0 Å². The molecule has 11 heavy (non-hydrogen) atoms. The van der Waals surface area contributed by atoms with Crippen molar-refractivity contribution in [3.63, 3.8) is 0 Å². The minimum Gasteiger partial charge on any atom is -0.493 e. The summed E-state index contributed by atoms with van der Waals surface area (Å²) in [5, 5.41) is 9.20. The van der Waals surface area contributed by atoms with Crippen LogP contribution >= 0.6 is 0 Å². The van der Waals surface area contributed by atoms with E-state index in [1.165, 1.54) is 0 Å². The molecule has 0 aromatic carbocycles. The van der Waals surface area contributed by atoms with Crippen molar-refractivity contribution in [1.29, 1.82) is 0 Å². The Morgan fingerprint density at radius 3 is 2.55 bits per heavy atom. The lowest BCUT2D eigenvalue weighted by molar-refractivity contribution is 0.442. The Labute approximate surface area is 66.1 Å². The molecular formula is C8H12N2O. The minimum atomic E-state index is 0.0868. The lowest BCUT2D eigenvalue weighted by Crippen LogP contribution is -1.97. The third-order valence-corrected chi connectivity index (χ3v) is 1.48. The molecule has 1 N–H and O–H groups in total. The van der Waals surface area contributed by atoms with E-state index in [1.807, 2.05) is 13.8 Å². The first kappa shape index (κ1) is 7.98. The van der Waals surface area contributed by atoms with Crippen LogP contribution in [0.5, 0.6) is 5.88 Å². The maximum absolute atomic E-state index is 9.20. The quantitative estimate of drug-likeness (QED) is 0.665. The highest BCUT2D eigenvalue weighted by molar-refractivity contribution is 5.20. The van der Waals surface area contributed by atoms with E-state index in [1.54, 1.807) is 13.1 Å². The van der Waals surface area contributed by atoms with Crippen LogP contribution in [0.4, 0.5) is 0 Å². The molecule has 0 saturated heterocycles. The Morgan fingerprint density at radius 2 is 2.09 bits per heavy atom. The van der Waals surface area contributed by atoms with Gasteiger partial charge in [-0.1, -0.05) is 13.8 Å². The predicted octanol–water partition coefficient (Wildman–Crippen LogP) is 1.61. The van der Waals surface area contributed by atoms with Crippen LogP contribution in [0.25, 0.3) is 0 Å². The van der Waals surface area contributed by atoms with Gasteiger partial charge in [-0.25, -0.2) is 4.98 Å². The monoisotopic (exact) mass is 152 g/mol. The molecule has 0 saturated carbocycles. The first-order valence-electron chi connectivity index (χ1n) is 3.63. The van der Waals surface area contributed by atoms with Crippen LogP contribution in [-0.2, 0) is 0 Å². The van der Waals surface area contributed by atoms with Crippen LogP contribution in [0.3, 0.4) is 0 Å². The molecule has 0 aliphatic carbocycles. The zero-order valence-electron chi connectivity index (χ0n) is 7.00. The zero-order chi connectivity index (χ0) is 8.43. The van der Waals surface area contributed by atoms with E-state index in [9.17, 15) is 5.11 Å². The molecule has 1 aromatic rings. The number of hydrogen-bond donors (Lipinski definition) is 1. The van der Waals surface area contributed by atoms with Gasteiger partial charge in [-0.05, 0) is 6.92 Å². The van der Waals surface area contributed by atoms with Crippen molar-refractivity contribution in [2.45, 2.75) is 26.7 Å². The van der Waals surface area contributed by atoms with Gasteiger partial charge in [0.1, 0.15) is 5.82 Å². The van der Waals surface area contributed by atoms with Crippen LogP contribution in [0.1, 0.15) is 31.2 Å². The molecule has 0 fully saturated rings. The topological polar surface area (TPSA) is 46.0 Å². The van der Waals surface area contributed by atoms with Gasteiger partial charge in [-0.2, -0.15) is 4.98 Å². The van der Waals surface area contributed by atoms with E-state index >= 15 is 0 Å². The third kappa shape index (κ3) is 1.67. The minimum absolute atomic E-state index is 0.0868. The summed E-state index contributed by atoms with van der Waals surface area (Å²) < 4.78 is 0. The largest absolute Gasteiger partial charge is 0.493 e. The van der Waals surface area contributed by atoms with E-state index in [0.29, 0.717) is 5.82 Å². The molecule has 3 nitrogen and oxygen atoms in total. The fourth-order valence-corrected chi connectivity index (χ4v) is 0.724. The summed E-state index contributed by atoms with van der Waals surface area (Å²) in [5.74, 6) is 1.04. The average Bonchev–Trinajstić information content (AvgIpc) is 1.94. The molecular weight excluding hydrogens is 140 g/mol. The number of hydrogen-bond acceptors (Lipinski definition) is 3. The maximum Gasteiger partial charge on any atom is 0.217 e. The smallest absolute Gasteiger partial charge is 0.217 e. The van der Waals surface area contributed by atoms with Gasteiger partial charge in [0.2, 0.25) is 5.88 Å². The third-order valence-electron chi connectivity index (χ3n) is 1.48. The van der Waals surface area contributed by atoms with Crippen molar-refractivity contribution in [2.24, 2.45) is 0 Å². The van der Waals surface area contributed by atoms with Crippen molar-refractivity contribution < 1.29 is 5.11 Å². The lowest BCUT2D eigenvalue weighted by atomic mass is 10.2. The van der Waals surface area contributed by atoms with E-state index in [2.05, 4.69) is 9.97 Å². The van der Waals surface area contributed by atoms with E-state index in [-0.39, 0.29) is 11.8 Å². The molecule has 0 spiro atoms. The highest BCUT2D eigenvalue weighted by Gasteiger charge is 2.04. The van der Waals surface area contributed by atoms with E-state index < -0.39 is 0 Å². The van der Waals surface area contributed by atoms with Gasteiger partial charge in [0.15, 0.2) is 0 Å². The number of aromatic nitrogens is 2. The van der Waals surface area contributed by atoms with Crippen molar-refractivity contribution in [3.05, 3.63) is 17.6 Å². The average molecular weight is 152 g/mol. The standard InChI is InChI=1S/C8H12N2O/c1-5(2)7-9-4-6(3)8(11)10-7/h4-5H,1-3H3,(H,9,10,11). The summed E-state index contributed by atoms with van der Waals surface area (Å²) in [4.78, 5) is 7.98. The van der Waals surface area contributed by atoms with Gasteiger partial charge in [-0.15, -0.1) is 0 Å². The van der Waals surface area contributed by atoms with Crippen molar-refractivity contribution in [1.82, 2.24) is 9.97 Å². The van der Waals surface area contributed by atoms with Gasteiger partial charge in [-0.3, -0.25) is 0 Å². The van der Waals surface area contributed by atoms with Crippen LogP contribution in [0.15, 0.2) is 6.20 Å². The Bertz CT molecular complexity index is 258. The van der Waals surface area contributed by atoms with Crippen molar-refractivity contribution >= 4 is 0 Å². The summed E-state index contributed by atoms with van der Waals surface area (Å²) in [6.45, 7) is 5.76. The molecule has 0 unspecified atom stereocenters. The zero-order valence-corrected chi connectivity index (χ0v) is 7.00. The summed E-state index contributed by atoms with van der Waals surface area (Å²) in [6, 6.07) is 0. The molecule has 0 atom stereocenters. The molecule has 0 bridgehead atoms. The van der Waals surface area contributed by atoms with Crippen molar-refractivity contribution in [3.8, 4) is 5.88 Å². The van der Waals surface area contributed by atoms with Gasteiger partial charge in [0.05, 0.1) is 0 Å². The van der Waals surface area contributed by atoms with Crippen LogP contribution < -0.4 is 0 Å². The van der Waals surface area contributed by atoms with Crippen molar-refractivity contribution in [2.75, 3.05) is 0 Å². The molecule has 0 radical (unpaired) electrons. The SMILES string of the molecule is Cc1cnc(C(C)C)nc1O. The van der Waals surface area contributed by atoms with Gasteiger partial charge >= 0.3 is 0 Å². The molecule has 1 aromatic heterocycles. The molecule has 0 aliphatic heterocycles. The second-order valence-electron chi connectivity index (χ2n) is 2.89. The van der Waals surface area contributed by atoms with Crippen LogP contribution in [-0.4, -0.2) is 15.1 Å². The first-order chi connectivity index (χ1) is 5.11. The summed E-state index contributed by atoms with van der Waals surface area (Å²) in [7, 11) is 0. The molecule has 0 aliphatic rings. The second kappa shape index (κ2) is 2.86. The first-order valence-corrected chi connectivity index (χ1v) is 3.63. The summed E-state index contributed by atoms with van der Waals surface area (Å²) >= 11 is 0. The molecule has 1 heterocycles. The van der Waals surface area contributed by atoms with E-state index in [0.717, 1.165) is 5.56 Å². The van der Waals surface area contributed by atoms with Gasteiger partial charge < -0.3 is 5.11 Å². The normalized spacial score (nSPS) is 10.5. The molecule has 60 valence electrons. The Hall–Kier alpha value is -1.12. The Morgan fingerprint density at radius 1 is 1.45 bits per heavy atom. The highest BCUT2D eigenvalue weighted by Crippen LogP contribution is 2.14. The summed E-state index contributed by atoms with van der Waals surface area (Å²) in [6.07, 6.45) is 1.64. The number of rotatable bonds is 1. The predicted molar refractivity (Wildman–Crippen MR) is 42.5 cm³/mol. The van der Waals surface area contributed by atoms with Crippen LogP contribution in [0.2, 0.25) is 0 Å². The van der Waals surface area contributed by atoms with E-state index in [4.69, 9.17) is 0 Å². The molecule has 3 heteroatoms. The lowest BCUT2D eigenvalue weighted by Gasteiger charge is -2.03. The Balaban J connectivity index is 3.05. The highest BCUT2D eigenvalue weighted by atomic mass is 16.3. The van der Waals surface area contributed by atoms with Gasteiger partial charge in [0, 0.05) is 17.7 Å². The Kier molecular flexibility index (Phi) is 2.08. The number of aryl methyl sites for hydroxylation is 1. The maximum atomic E-state index is 9.20. The fraction of sp³-hybridized carbons (Fsp3) is 0.500. The molecule has 0 amide bonds. The second-order valence-corrected chi connectivity index (χ2v) is 2.89. The number of aromatic hydroxyl groups is 1.